The molecular weight excluding hydrogens is 420 g/mol. The molecule has 152 valence electrons. The Hall–Kier alpha value is -3.05. The fraction of sp³-hybridized carbons (Fsp3) is 0.235. The van der Waals surface area contributed by atoms with Gasteiger partial charge in [-0.05, 0) is 18.2 Å². The number of aromatic amines is 1. The highest BCUT2D eigenvalue weighted by molar-refractivity contribution is 7.92. The molecule has 1 aromatic carbocycles. The number of nitrogens with one attached hydrogen (secondary N) is 2. The molecule has 0 atom stereocenters. The Morgan fingerprint density at radius 3 is 2.59 bits per heavy atom. The van der Waals surface area contributed by atoms with Crippen LogP contribution in [0, 0.1) is 0 Å². The van der Waals surface area contributed by atoms with E-state index in [1.54, 1.807) is 18.2 Å². The van der Waals surface area contributed by atoms with E-state index in [0.717, 1.165) is 21.7 Å². The van der Waals surface area contributed by atoms with Crippen LogP contribution in [0.15, 0.2) is 33.9 Å². The molecule has 3 aromatic heterocycles. The molecule has 0 fully saturated rings. The summed E-state index contributed by atoms with van der Waals surface area (Å²) in [6, 6.07) is 7.19. The number of aromatic nitrogens is 5. The van der Waals surface area contributed by atoms with Crippen molar-refractivity contribution in [2.75, 3.05) is 11.0 Å². The summed E-state index contributed by atoms with van der Waals surface area (Å²) in [4.78, 5) is 33.1. The van der Waals surface area contributed by atoms with Gasteiger partial charge in [-0.15, -0.1) is 0 Å². The summed E-state index contributed by atoms with van der Waals surface area (Å²) >= 11 is 6.19. The fourth-order valence-electron chi connectivity index (χ4n) is 3.27. The van der Waals surface area contributed by atoms with Gasteiger partial charge >= 0.3 is 5.69 Å². The minimum atomic E-state index is -3.61. The second-order valence-corrected chi connectivity index (χ2v) is 8.93. The van der Waals surface area contributed by atoms with Gasteiger partial charge in [0, 0.05) is 35.7 Å². The molecule has 0 radical (unpaired) electrons. The summed E-state index contributed by atoms with van der Waals surface area (Å²) < 4.78 is 28.9. The number of rotatable bonds is 4. The van der Waals surface area contributed by atoms with E-state index < -0.39 is 21.3 Å². The number of hydrogen-bond donors (Lipinski definition) is 2. The number of nitrogens with zero attached hydrogens (tertiary/aromatic N) is 4. The van der Waals surface area contributed by atoms with Crippen molar-refractivity contribution in [3.8, 4) is 0 Å². The van der Waals surface area contributed by atoms with Crippen molar-refractivity contribution in [3.05, 3.63) is 55.8 Å². The van der Waals surface area contributed by atoms with Gasteiger partial charge < -0.3 is 9.55 Å². The summed E-state index contributed by atoms with van der Waals surface area (Å²) in [6.07, 6.45) is 0.977. The standard InChI is InChI=1S/C17H17ClN6O4S/c1-22-13-14(20-16(22)21-29(3,27)28)23(2)17(26)24(15(13)25)8-9-7-10-11(18)5-4-6-12(10)19-9/h4-7,19H,8H2,1-3H3,(H,20,21). The maximum absolute atomic E-state index is 13.1. The Kier molecular flexibility index (Phi) is 4.32. The Balaban J connectivity index is 1.90. The molecule has 0 aliphatic rings. The lowest BCUT2D eigenvalue weighted by Gasteiger charge is -2.07. The van der Waals surface area contributed by atoms with Gasteiger partial charge in [0.1, 0.15) is 0 Å². The molecule has 0 aliphatic heterocycles. The number of fused-ring (bicyclic) bond motifs is 2. The van der Waals surface area contributed by atoms with Crippen LogP contribution < -0.4 is 16.0 Å². The number of H-pyrrole nitrogens is 1. The molecule has 12 heteroatoms. The SMILES string of the molecule is Cn1c(NS(C)(=O)=O)nc2c1c(=O)n(Cc1cc3c(Cl)cccc3[nH]1)c(=O)n2C. The third-order valence-corrected chi connectivity index (χ3v) is 5.51. The molecule has 0 saturated heterocycles. The number of imidazole rings is 1. The summed E-state index contributed by atoms with van der Waals surface area (Å²) in [5.41, 5.74) is 0.458. The van der Waals surface area contributed by atoms with Crippen molar-refractivity contribution in [3.63, 3.8) is 0 Å². The second kappa shape index (κ2) is 6.49. The van der Waals surface area contributed by atoms with Gasteiger partial charge in [0.25, 0.3) is 5.56 Å². The van der Waals surface area contributed by atoms with E-state index in [1.807, 2.05) is 6.07 Å². The highest BCUT2D eigenvalue weighted by Gasteiger charge is 2.20. The predicted molar refractivity (Wildman–Crippen MR) is 111 cm³/mol. The highest BCUT2D eigenvalue weighted by Crippen LogP contribution is 2.24. The van der Waals surface area contributed by atoms with Crippen LogP contribution in [0.1, 0.15) is 5.69 Å². The first kappa shape index (κ1) is 19.3. The zero-order valence-electron chi connectivity index (χ0n) is 15.7. The van der Waals surface area contributed by atoms with E-state index in [9.17, 15) is 18.0 Å². The Morgan fingerprint density at radius 2 is 1.93 bits per heavy atom. The van der Waals surface area contributed by atoms with Crippen LogP contribution in [0.3, 0.4) is 0 Å². The Morgan fingerprint density at radius 1 is 1.21 bits per heavy atom. The van der Waals surface area contributed by atoms with Crippen LogP contribution in [-0.2, 0) is 30.7 Å². The largest absolute Gasteiger partial charge is 0.357 e. The predicted octanol–water partition coefficient (Wildman–Crippen LogP) is 0.988. The smallest absolute Gasteiger partial charge is 0.332 e. The highest BCUT2D eigenvalue weighted by atomic mass is 35.5. The lowest BCUT2D eigenvalue weighted by molar-refractivity contribution is 0.606. The lowest BCUT2D eigenvalue weighted by atomic mass is 10.2. The first-order chi connectivity index (χ1) is 13.6. The first-order valence-electron chi connectivity index (χ1n) is 8.47. The summed E-state index contributed by atoms with van der Waals surface area (Å²) in [5.74, 6) is -0.0512. The summed E-state index contributed by atoms with van der Waals surface area (Å²) in [7, 11) is -0.634. The van der Waals surface area contributed by atoms with Crippen LogP contribution in [0.2, 0.25) is 5.02 Å². The fourth-order valence-corrected chi connectivity index (χ4v) is 4.01. The van der Waals surface area contributed by atoms with Crippen molar-refractivity contribution in [1.82, 2.24) is 23.7 Å². The topological polar surface area (TPSA) is 124 Å². The molecule has 0 saturated carbocycles. The van der Waals surface area contributed by atoms with Crippen molar-refractivity contribution < 1.29 is 8.42 Å². The zero-order valence-corrected chi connectivity index (χ0v) is 17.3. The van der Waals surface area contributed by atoms with E-state index >= 15 is 0 Å². The van der Waals surface area contributed by atoms with E-state index in [2.05, 4.69) is 14.7 Å². The number of benzene rings is 1. The van der Waals surface area contributed by atoms with Crippen molar-refractivity contribution in [2.24, 2.45) is 14.1 Å². The maximum Gasteiger partial charge on any atom is 0.332 e. The van der Waals surface area contributed by atoms with Gasteiger partial charge in [0.2, 0.25) is 16.0 Å². The van der Waals surface area contributed by atoms with Crippen LogP contribution >= 0.6 is 11.6 Å². The Labute approximate surface area is 169 Å². The Bertz CT molecular complexity index is 1510. The quantitative estimate of drug-likeness (QED) is 0.493. The van der Waals surface area contributed by atoms with Gasteiger partial charge in [0.15, 0.2) is 11.2 Å². The normalized spacial score (nSPS) is 12.1. The van der Waals surface area contributed by atoms with Crippen LogP contribution in [0.5, 0.6) is 0 Å². The lowest BCUT2D eigenvalue weighted by Crippen LogP contribution is -2.39. The molecule has 3 heterocycles. The number of halogens is 1. The van der Waals surface area contributed by atoms with E-state index in [0.29, 0.717) is 10.7 Å². The van der Waals surface area contributed by atoms with Crippen molar-refractivity contribution in [1.29, 1.82) is 0 Å². The van der Waals surface area contributed by atoms with Gasteiger partial charge in [-0.2, -0.15) is 4.98 Å². The molecule has 0 spiro atoms. The third kappa shape index (κ3) is 3.21. The van der Waals surface area contributed by atoms with E-state index in [4.69, 9.17) is 11.6 Å². The van der Waals surface area contributed by atoms with Gasteiger partial charge in [-0.25, -0.2) is 13.2 Å². The summed E-state index contributed by atoms with van der Waals surface area (Å²) in [5, 5.41) is 1.35. The van der Waals surface area contributed by atoms with Crippen molar-refractivity contribution >= 4 is 49.6 Å². The molecular formula is C17H17ClN6O4S. The minimum Gasteiger partial charge on any atom is -0.357 e. The molecule has 0 aliphatic carbocycles. The van der Waals surface area contributed by atoms with Gasteiger partial charge in [-0.3, -0.25) is 18.7 Å². The van der Waals surface area contributed by atoms with Gasteiger partial charge in [-0.1, -0.05) is 17.7 Å². The molecule has 0 amide bonds. The monoisotopic (exact) mass is 436 g/mol. The number of aryl methyl sites for hydroxylation is 2. The number of hydrogen-bond acceptors (Lipinski definition) is 5. The molecule has 4 aromatic rings. The molecule has 10 nitrogen and oxygen atoms in total. The first-order valence-corrected chi connectivity index (χ1v) is 10.7. The molecule has 2 N–H and O–H groups in total. The second-order valence-electron chi connectivity index (χ2n) is 6.77. The number of sulfonamides is 1. The van der Waals surface area contributed by atoms with Crippen molar-refractivity contribution in [2.45, 2.75) is 6.54 Å². The van der Waals surface area contributed by atoms with Gasteiger partial charge in [0.05, 0.1) is 12.8 Å². The zero-order chi connectivity index (χ0) is 21.1. The minimum absolute atomic E-state index is 0.00747. The average molecular weight is 437 g/mol. The van der Waals surface area contributed by atoms with Crippen LogP contribution in [-0.4, -0.2) is 38.3 Å². The molecule has 4 rings (SSSR count). The molecule has 0 bridgehead atoms. The van der Waals surface area contributed by atoms with E-state index in [1.165, 1.54) is 23.2 Å². The van der Waals surface area contributed by atoms with Crippen LogP contribution in [0.25, 0.3) is 22.1 Å². The maximum atomic E-state index is 13.1. The third-order valence-electron chi connectivity index (χ3n) is 4.63. The van der Waals surface area contributed by atoms with E-state index in [-0.39, 0.29) is 23.7 Å². The number of anilines is 1. The molecule has 29 heavy (non-hydrogen) atoms. The molecule has 0 unspecified atom stereocenters. The summed E-state index contributed by atoms with van der Waals surface area (Å²) in [6.45, 7) is -0.00747. The average Bonchev–Trinajstić information content (AvgIpc) is 3.18. The van der Waals surface area contributed by atoms with Crippen LogP contribution in [0.4, 0.5) is 5.95 Å².